The summed E-state index contributed by atoms with van der Waals surface area (Å²) in [6.07, 6.45) is 11.3. The fourth-order valence-corrected chi connectivity index (χ4v) is 2.18. The largest absolute Gasteiger partial charge is 0.349 e. The van der Waals surface area contributed by atoms with Gasteiger partial charge in [0.25, 0.3) is 0 Å². The van der Waals surface area contributed by atoms with Gasteiger partial charge < -0.3 is 9.80 Å². The maximum absolute atomic E-state index is 10.1. The van der Waals surface area contributed by atoms with Gasteiger partial charge in [-0.25, -0.2) is 0 Å². The van der Waals surface area contributed by atoms with Gasteiger partial charge in [-0.3, -0.25) is 10.2 Å². The Morgan fingerprint density at radius 3 is 2.32 bits per heavy atom. The molecule has 0 aromatic heterocycles. The number of allylic oxidation sites excluding steroid dienone is 1. The quantitative estimate of drug-likeness (QED) is 0.790. The van der Waals surface area contributed by atoms with E-state index in [4.69, 9.17) is 5.41 Å². The summed E-state index contributed by atoms with van der Waals surface area (Å²) in [5.74, 6) is 0.782. The summed E-state index contributed by atoms with van der Waals surface area (Å²) in [5, 5.41) is 7.92. The van der Waals surface area contributed by atoms with E-state index in [-0.39, 0.29) is 5.91 Å². The van der Waals surface area contributed by atoms with Crippen LogP contribution in [0.5, 0.6) is 0 Å². The topological polar surface area (TPSA) is 47.4 Å². The number of hydrogen-bond acceptors (Lipinski definition) is 2. The first-order valence-electron chi connectivity index (χ1n) is 6.87. The summed E-state index contributed by atoms with van der Waals surface area (Å²) in [5.41, 5.74) is 1.06. The standard InChI is InChI=1S/C11H16N2.C4H9NO/c1-2-9-7-8-13(11(9)12)10-5-3-4-6-10;1-4(6)5(2)3/h2,7-8,10,12H,3-6H2,1H3;1-3H3/b9-2-,12-11?;. The van der Waals surface area contributed by atoms with Gasteiger partial charge in [0.05, 0.1) is 0 Å². The molecule has 0 bridgehead atoms. The predicted octanol–water partition coefficient (Wildman–Crippen LogP) is 2.78. The number of amides is 1. The van der Waals surface area contributed by atoms with Crippen molar-refractivity contribution in [3.05, 3.63) is 23.9 Å². The molecule has 0 radical (unpaired) electrons. The van der Waals surface area contributed by atoms with Gasteiger partial charge in [-0.1, -0.05) is 18.9 Å². The summed E-state index contributed by atoms with van der Waals surface area (Å²) >= 11 is 0. The Morgan fingerprint density at radius 1 is 1.42 bits per heavy atom. The Hall–Kier alpha value is -1.58. The van der Waals surface area contributed by atoms with E-state index in [0.717, 1.165) is 5.57 Å². The molecule has 1 heterocycles. The average Bonchev–Trinajstić information content (AvgIpc) is 2.98. The van der Waals surface area contributed by atoms with E-state index in [0.29, 0.717) is 11.9 Å². The molecule has 106 valence electrons. The lowest BCUT2D eigenvalue weighted by Gasteiger charge is -2.23. The van der Waals surface area contributed by atoms with E-state index in [1.807, 2.05) is 19.1 Å². The molecular formula is C15H25N3O. The van der Waals surface area contributed by atoms with Gasteiger partial charge in [0.2, 0.25) is 5.91 Å². The fourth-order valence-electron chi connectivity index (χ4n) is 2.18. The van der Waals surface area contributed by atoms with Crippen LogP contribution in [0.3, 0.4) is 0 Å². The molecule has 1 aliphatic carbocycles. The van der Waals surface area contributed by atoms with E-state index in [1.54, 1.807) is 14.1 Å². The minimum atomic E-state index is 0.0926. The van der Waals surface area contributed by atoms with Gasteiger partial charge in [0, 0.05) is 38.8 Å². The maximum atomic E-state index is 10.1. The molecule has 0 aromatic rings. The highest BCUT2D eigenvalue weighted by atomic mass is 16.2. The smallest absolute Gasteiger partial charge is 0.218 e. The zero-order valence-corrected chi connectivity index (χ0v) is 12.4. The zero-order chi connectivity index (χ0) is 14.4. The summed E-state index contributed by atoms with van der Waals surface area (Å²) in [6.45, 7) is 3.52. The lowest BCUT2D eigenvalue weighted by Crippen LogP contribution is -2.31. The van der Waals surface area contributed by atoms with Crippen molar-refractivity contribution in [3.63, 3.8) is 0 Å². The number of carbonyl (C=O) groups is 1. The molecule has 0 saturated heterocycles. The average molecular weight is 263 g/mol. The number of nitrogens with one attached hydrogen (secondary N) is 1. The lowest BCUT2D eigenvalue weighted by atomic mass is 10.2. The van der Waals surface area contributed by atoms with Crippen molar-refractivity contribution < 1.29 is 4.79 Å². The van der Waals surface area contributed by atoms with Crippen molar-refractivity contribution in [3.8, 4) is 0 Å². The molecule has 2 aliphatic rings. The molecule has 0 atom stereocenters. The minimum absolute atomic E-state index is 0.0926. The molecule has 4 heteroatoms. The zero-order valence-electron chi connectivity index (χ0n) is 12.4. The van der Waals surface area contributed by atoms with Crippen LogP contribution in [0.4, 0.5) is 0 Å². The number of hydrogen-bond donors (Lipinski definition) is 1. The van der Waals surface area contributed by atoms with Gasteiger partial charge in [-0.15, -0.1) is 0 Å². The molecule has 0 unspecified atom stereocenters. The number of carbonyl (C=O) groups excluding carboxylic acids is 1. The normalized spacial score (nSPS) is 20.7. The van der Waals surface area contributed by atoms with Crippen LogP contribution < -0.4 is 0 Å². The van der Waals surface area contributed by atoms with E-state index in [1.165, 1.54) is 37.5 Å². The van der Waals surface area contributed by atoms with Crippen LogP contribution >= 0.6 is 0 Å². The Labute approximate surface area is 116 Å². The predicted molar refractivity (Wildman–Crippen MR) is 79.1 cm³/mol. The number of amidine groups is 1. The van der Waals surface area contributed by atoms with Crippen molar-refractivity contribution in [2.45, 2.75) is 45.6 Å². The van der Waals surface area contributed by atoms with Gasteiger partial charge in [0.15, 0.2) is 0 Å². The molecule has 1 amide bonds. The van der Waals surface area contributed by atoms with E-state index in [2.05, 4.69) is 11.1 Å². The first kappa shape index (κ1) is 15.5. The summed E-state index contributed by atoms with van der Waals surface area (Å²) in [4.78, 5) is 13.7. The third kappa shape index (κ3) is 4.23. The van der Waals surface area contributed by atoms with Crippen LogP contribution in [0.1, 0.15) is 39.5 Å². The summed E-state index contributed by atoms with van der Waals surface area (Å²) in [7, 11) is 3.45. The molecule has 2 rings (SSSR count). The van der Waals surface area contributed by atoms with Crippen molar-refractivity contribution >= 4 is 11.7 Å². The van der Waals surface area contributed by atoms with E-state index in [9.17, 15) is 4.79 Å². The van der Waals surface area contributed by atoms with E-state index >= 15 is 0 Å². The van der Waals surface area contributed by atoms with Crippen molar-refractivity contribution in [1.29, 1.82) is 5.41 Å². The van der Waals surface area contributed by atoms with Crippen LogP contribution in [0.2, 0.25) is 0 Å². The molecule has 0 spiro atoms. The van der Waals surface area contributed by atoms with Crippen LogP contribution in [0, 0.1) is 5.41 Å². The SMILES string of the molecule is C/C=C1/C=CN(C2CCCC2)C1=N.CC(=O)N(C)C. The summed E-state index contributed by atoms with van der Waals surface area (Å²) < 4.78 is 0. The molecule has 1 N–H and O–H groups in total. The number of nitrogens with zero attached hydrogens (tertiary/aromatic N) is 2. The van der Waals surface area contributed by atoms with Crippen molar-refractivity contribution in [2.24, 2.45) is 0 Å². The van der Waals surface area contributed by atoms with Gasteiger partial charge in [-0.2, -0.15) is 0 Å². The Balaban J connectivity index is 0.000000258. The lowest BCUT2D eigenvalue weighted by molar-refractivity contribution is -0.126. The second-order valence-corrected chi connectivity index (χ2v) is 5.17. The molecule has 4 nitrogen and oxygen atoms in total. The van der Waals surface area contributed by atoms with Crippen LogP contribution in [0.25, 0.3) is 0 Å². The molecule has 1 fully saturated rings. The van der Waals surface area contributed by atoms with Gasteiger partial charge in [-0.05, 0) is 25.8 Å². The fraction of sp³-hybridized carbons (Fsp3) is 0.600. The molecule has 19 heavy (non-hydrogen) atoms. The first-order chi connectivity index (χ1) is 8.97. The Kier molecular flexibility index (Phi) is 5.80. The molecule has 1 saturated carbocycles. The monoisotopic (exact) mass is 263 g/mol. The third-order valence-corrected chi connectivity index (χ3v) is 3.61. The van der Waals surface area contributed by atoms with Crippen molar-refractivity contribution in [2.75, 3.05) is 14.1 Å². The third-order valence-electron chi connectivity index (χ3n) is 3.61. The second-order valence-electron chi connectivity index (χ2n) is 5.17. The highest BCUT2D eigenvalue weighted by Crippen LogP contribution is 2.27. The van der Waals surface area contributed by atoms with Crippen molar-refractivity contribution in [1.82, 2.24) is 9.80 Å². The van der Waals surface area contributed by atoms with Crippen LogP contribution in [-0.4, -0.2) is 41.7 Å². The number of rotatable bonds is 1. The van der Waals surface area contributed by atoms with Gasteiger partial charge in [0.1, 0.15) is 5.84 Å². The highest BCUT2D eigenvalue weighted by molar-refractivity contribution is 6.01. The molecule has 1 aliphatic heterocycles. The van der Waals surface area contributed by atoms with Gasteiger partial charge >= 0.3 is 0 Å². The summed E-state index contributed by atoms with van der Waals surface area (Å²) in [6, 6.07) is 0.598. The maximum Gasteiger partial charge on any atom is 0.218 e. The Bertz CT molecular complexity index is 390. The Morgan fingerprint density at radius 2 is 1.95 bits per heavy atom. The highest BCUT2D eigenvalue weighted by Gasteiger charge is 2.26. The second kappa shape index (κ2) is 7.12. The first-order valence-corrected chi connectivity index (χ1v) is 6.87. The van der Waals surface area contributed by atoms with E-state index < -0.39 is 0 Å². The molecule has 0 aromatic carbocycles. The molecular weight excluding hydrogens is 238 g/mol. The van der Waals surface area contributed by atoms with Crippen LogP contribution in [-0.2, 0) is 4.79 Å². The van der Waals surface area contributed by atoms with Crippen LogP contribution in [0.15, 0.2) is 23.9 Å². The minimum Gasteiger partial charge on any atom is -0.349 e.